The molecule has 33 heavy (non-hydrogen) atoms. The molecule has 0 spiro atoms. The maximum absolute atomic E-state index is 9.60. The van der Waals surface area contributed by atoms with Gasteiger partial charge in [0, 0.05) is 0 Å². The molecule has 4 N–H and O–H groups in total. The summed E-state index contributed by atoms with van der Waals surface area (Å²) in [4.78, 5) is 0. The molecule has 0 fully saturated rings. The van der Waals surface area contributed by atoms with Crippen LogP contribution in [0, 0.1) is 0 Å². The van der Waals surface area contributed by atoms with Crippen molar-refractivity contribution in [2.24, 2.45) is 0 Å². The van der Waals surface area contributed by atoms with Gasteiger partial charge in [-0.2, -0.15) is 0 Å². The Bertz CT molecular complexity index is 973. The second kappa shape index (κ2) is 10.6. The van der Waals surface area contributed by atoms with Crippen molar-refractivity contribution in [2.75, 3.05) is 0 Å². The number of benzene rings is 4. The van der Waals surface area contributed by atoms with Crippen LogP contribution in [0.3, 0.4) is 0 Å². The molecule has 4 aromatic carbocycles. The molecule has 5 heteroatoms. The molecule has 0 aliphatic heterocycles. The van der Waals surface area contributed by atoms with Crippen molar-refractivity contribution in [3.05, 3.63) is 119 Å². The van der Waals surface area contributed by atoms with Gasteiger partial charge in [-0.05, 0) is 0 Å². The van der Waals surface area contributed by atoms with E-state index in [9.17, 15) is 20.4 Å². The Morgan fingerprint density at radius 1 is 0.333 bits per heavy atom. The molecule has 0 aliphatic rings. The molecule has 0 aromatic heterocycles. The van der Waals surface area contributed by atoms with Crippen LogP contribution in [0.4, 0.5) is 0 Å². The van der Waals surface area contributed by atoms with Gasteiger partial charge in [0.05, 0.1) is 0 Å². The van der Waals surface area contributed by atoms with Gasteiger partial charge < -0.3 is 0 Å². The summed E-state index contributed by atoms with van der Waals surface area (Å²) in [6, 6.07) is 32.8. The van der Waals surface area contributed by atoms with Gasteiger partial charge in [0.25, 0.3) is 0 Å². The molecule has 0 heterocycles. The van der Waals surface area contributed by atoms with E-state index in [0.717, 1.165) is 22.3 Å². The van der Waals surface area contributed by atoms with E-state index in [2.05, 4.69) is 48.5 Å². The van der Waals surface area contributed by atoms with Crippen molar-refractivity contribution >= 4 is 32.7 Å². The molecule has 0 bridgehead atoms. The average Bonchev–Trinajstić information content (AvgIpc) is 2.90. The van der Waals surface area contributed by atoms with E-state index < -0.39 is 18.4 Å². The minimum atomic E-state index is -3.83. The van der Waals surface area contributed by atoms with Crippen molar-refractivity contribution in [2.45, 2.75) is 26.4 Å². The summed E-state index contributed by atoms with van der Waals surface area (Å²) in [6.07, 6.45) is 0. The van der Waals surface area contributed by atoms with Crippen LogP contribution in [0.2, 0.25) is 0 Å². The number of hydrogen-bond donors (Lipinski definition) is 4. The fourth-order valence-corrected chi connectivity index (χ4v) is 17.8. The van der Waals surface area contributed by atoms with Crippen LogP contribution in [0.15, 0.2) is 97.1 Å². The van der Waals surface area contributed by atoms with Crippen LogP contribution >= 0.6 is 0 Å². The molecule has 4 aromatic rings. The average molecular weight is 547 g/mol. The van der Waals surface area contributed by atoms with Crippen molar-refractivity contribution in [3.63, 3.8) is 0 Å². The predicted molar refractivity (Wildman–Crippen MR) is 134 cm³/mol. The van der Waals surface area contributed by atoms with Crippen LogP contribution in [0.5, 0.6) is 0 Å². The molecule has 4 nitrogen and oxygen atoms in total. The SMILES string of the molecule is OCc1cc[c]([Sn]([c]2ccc(CO)cc2)([c]2ccc(CO)cc2)[c]2ccc(CO)cc2)cc1. The Morgan fingerprint density at radius 2 is 0.515 bits per heavy atom. The van der Waals surface area contributed by atoms with E-state index in [1.807, 2.05) is 48.5 Å². The van der Waals surface area contributed by atoms with Crippen LogP contribution in [0.25, 0.3) is 0 Å². The first-order valence-corrected chi connectivity index (χ1v) is 16.7. The van der Waals surface area contributed by atoms with Crippen LogP contribution in [0.1, 0.15) is 22.3 Å². The van der Waals surface area contributed by atoms with Crippen molar-refractivity contribution < 1.29 is 20.4 Å². The molecule has 168 valence electrons. The molecule has 0 aliphatic carbocycles. The normalized spacial score (nSPS) is 11.5. The van der Waals surface area contributed by atoms with Crippen molar-refractivity contribution in [3.8, 4) is 0 Å². The van der Waals surface area contributed by atoms with Gasteiger partial charge in [0.2, 0.25) is 0 Å². The standard InChI is InChI=1S/4C7H7O.Sn/c4*8-6-7-4-2-1-3-5-7;/h4*2-5,8H,6H2;. The predicted octanol–water partition coefficient (Wildman–Crippen LogP) is 1.03. The minimum absolute atomic E-state index is 0.00953. The third kappa shape index (κ3) is 4.63. The fraction of sp³-hybridized carbons (Fsp3) is 0.143. The Labute approximate surface area is 198 Å². The first-order valence-electron chi connectivity index (χ1n) is 11.0. The van der Waals surface area contributed by atoms with E-state index in [0.29, 0.717) is 0 Å². The van der Waals surface area contributed by atoms with Crippen molar-refractivity contribution in [1.29, 1.82) is 0 Å². The zero-order valence-corrected chi connectivity index (χ0v) is 21.2. The summed E-state index contributed by atoms with van der Waals surface area (Å²) in [5.74, 6) is 0. The van der Waals surface area contributed by atoms with Crippen molar-refractivity contribution in [1.82, 2.24) is 0 Å². The number of aliphatic hydroxyl groups excluding tert-OH is 4. The summed E-state index contributed by atoms with van der Waals surface area (Å²) in [5, 5.41) is 38.4. The zero-order chi connectivity index (χ0) is 23.3. The van der Waals surface area contributed by atoms with Gasteiger partial charge in [-0.25, -0.2) is 0 Å². The third-order valence-electron chi connectivity index (χ3n) is 6.28. The Balaban J connectivity index is 2.05. The monoisotopic (exact) mass is 548 g/mol. The van der Waals surface area contributed by atoms with E-state index >= 15 is 0 Å². The Morgan fingerprint density at radius 3 is 0.667 bits per heavy atom. The van der Waals surface area contributed by atoms with E-state index in [4.69, 9.17) is 0 Å². The first-order chi connectivity index (χ1) is 16.1. The number of aliphatic hydroxyl groups is 4. The fourth-order valence-electron chi connectivity index (χ4n) is 4.44. The summed E-state index contributed by atoms with van der Waals surface area (Å²) in [5.41, 5.74) is 3.45. The number of rotatable bonds is 8. The first kappa shape index (κ1) is 23.7. The van der Waals surface area contributed by atoms with Gasteiger partial charge in [-0.1, -0.05) is 0 Å². The Hall–Kier alpha value is -2.48. The van der Waals surface area contributed by atoms with Gasteiger partial charge >= 0.3 is 199 Å². The molecule has 4 rings (SSSR count). The third-order valence-corrected chi connectivity index (χ3v) is 20.0. The van der Waals surface area contributed by atoms with Crippen LogP contribution in [-0.2, 0) is 26.4 Å². The molecule has 0 amide bonds. The second-order valence-electron chi connectivity index (χ2n) is 8.17. The molecule has 0 atom stereocenters. The van der Waals surface area contributed by atoms with Crippen LogP contribution in [-0.4, -0.2) is 38.8 Å². The molecular weight excluding hydrogens is 519 g/mol. The molecule has 0 saturated carbocycles. The summed E-state index contributed by atoms with van der Waals surface area (Å²) < 4.78 is 4.91. The summed E-state index contributed by atoms with van der Waals surface area (Å²) >= 11 is -3.83. The molecule has 0 unspecified atom stereocenters. The molecular formula is C28H28O4Sn. The second-order valence-corrected chi connectivity index (χ2v) is 19.0. The van der Waals surface area contributed by atoms with Gasteiger partial charge in [-0.15, -0.1) is 0 Å². The van der Waals surface area contributed by atoms with Gasteiger partial charge in [0.1, 0.15) is 0 Å². The van der Waals surface area contributed by atoms with E-state index in [1.54, 1.807) is 0 Å². The number of hydrogen-bond acceptors (Lipinski definition) is 4. The topological polar surface area (TPSA) is 80.9 Å². The molecule has 0 saturated heterocycles. The summed E-state index contributed by atoms with van der Waals surface area (Å²) in [7, 11) is 0. The summed E-state index contributed by atoms with van der Waals surface area (Å²) in [6.45, 7) is -0.0381. The molecule has 0 radical (unpaired) electrons. The van der Waals surface area contributed by atoms with E-state index in [-0.39, 0.29) is 26.4 Å². The van der Waals surface area contributed by atoms with Gasteiger partial charge in [0.15, 0.2) is 0 Å². The Kier molecular flexibility index (Phi) is 7.63. The zero-order valence-electron chi connectivity index (χ0n) is 18.4. The van der Waals surface area contributed by atoms with Gasteiger partial charge in [-0.3, -0.25) is 0 Å². The van der Waals surface area contributed by atoms with Crippen LogP contribution < -0.4 is 14.3 Å². The van der Waals surface area contributed by atoms with E-state index in [1.165, 1.54) is 14.3 Å². The quantitative estimate of drug-likeness (QED) is 0.249. The maximum atomic E-state index is 9.60.